The number of carbonyl (C=O) groups is 1. The van der Waals surface area contributed by atoms with Crippen LogP contribution in [0.4, 0.5) is 5.95 Å². The molecule has 8 heteroatoms. The molecule has 146 valence electrons. The van der Waals surface area contributed by atoms with Crippen LogP contribution in [0, 0.1) is 0 Å². The Morgan fingerprint density at radius 3 is 2.63 bits per heavy atom. The van der Waals surface area contributed by atoms with Crippen LogP contribution in [0.5, 0.6) is 0 Å². The number of hydrogen-bond donors (Lipinski definition) is 2. The molecule has 1 atom stereocenters. The molecule has 4 rings (SSSR count). The summed E-state index contributed by atoms with van der Waals surface area (Å²) in [6.07, 6.45) is 2.63. The number of hydrogen-bond acceptors (Lipinski definition) is 6. The Labute approximate surface area is 159 Å². The number of nitrogens with one attached hydrogen (secondary N) is 1. The summed E-state index contributed by atoms with van der Waals surface area (Å²) in [5.41, 5.74) is 2.45. The van der Waals surface area contributed by atoms with Crippen molar-refractivity contribution < 1.29 is 14.6 Å². The topological polar surface area (TPSA) is 94.6 Å². The molecule has 2 N–H and O–H groups in total. The first kappa shape index (κ1) is 19.3. The van der Waals surface area contributed by atoms with Gasteiger partial charge in [0.25, 0.3) is 6.47 Å². The minimum atomic E-state index is -0.250. The van der Waals surface area contributed by atoms with E-state index >= 15 is 0 Å². The van der Waals surface area contributed by atoms with E-state index in [1.165, 1.54) is 31.5 Å². The van der Waals surface area contributed by atoms with Crippen molar-refractivity contribution in [3.63, 3.8) is 0 Å². The van der Waals surface area contributed by atoms with Gasteiger partial charge in [-0.2, -0.15) is 4.98 Å². The Kier molecular flexibility index (Phi) is 6.78. The van der Waals surface area contributed by atoms with Crippen molar-refractivity contribution in [1.82, 2.24) is 20.1 Å². The Hall–Kier alpha value is -2.45. The van der Waals surface area contributed by atoms with E-state index in [-0.39, 0.29) is 6.47 Å². The van der Waals surface area contributed by atoms with Crippen molar-refractivity contribution in [3.05, 3.63) is 29.8 Å². The molecule has 2 fully saturated rings. The zero-order valence-electron chi connectivity index (χ0n) is 15.7. The number of benzene rings is 1. The summed E-state index contributed by atoms with van der Waals surface area (Å²) in [5, 5.41) is 14.4. The summed E-state index contributed by atoms with van der Waals surface area (Å²) in [5.74, 6) is 1.61. The summed E-state index contributed by atoms with van der Waals surface area (Å²) >= 11 is 0. The molecule has 2 aliphatic rings. The van der Waals surface area contributed by atoms with Gasteiger partial charge in [0, 0.05) is 24.7 Å². The molecule has 2 aromatic rings. The van der Waals surface area contributed by atoms with Crippen LogP contribution in [-0.4, -0.2) is 71.1 Å². The third-order valence-corrected chi connectivity index (χ3v) is 5.10. The second kappa shape index (κ2) is 9.48. The zero-order chi connectivity index (χ0) is 19.1. The van der Waals surface area contributed by atoms with Gasteiger partial charge in [-0.1, -0.05) is 18.2 Å². The molecule has 0 aliphatic carbocycles. The molecule has 0 amide bonds. The number of likely N-dealkylation sites (tertiary alicyclic amines) is 1. The van der Waals surface area contributed by atoms with Crippen LogP contribution in [-0.2, 0) is 9.53 Å². The monoisotopic (exact) mass is 373 g/mol. The number of aromatic nitrogens is 3. The van der Waals surface area contributed by atoms with Gasteiger partial charge in [0.05, 0.1) is 13.2 Å². The van der Waals surface area contributed by atoms with E-state index in [2.05, 4.69) is 51.2 Å². The molecule has 2 aliphatic heterocycles. The number of ether oxygens (including phenoxy) is 1. The van der Waals surface area contributed by atoms with Crippen LogP contribution in [0.3, 0.4) is 0 Å². The average molecular weight is 373 g/mol. The van der Waals surface area contributed by atoms with E-state index < -0.39 is 0 Å². The van der Waals surface area contributed by atoms with Crippen LogP contribution in [0.2, 0.25) is 0 Å². The quantitative estimate of drug-likeness (QED) is 0.793. The molecule has 0 spiro atoms. The highest BCUT2D eigenvalue weighted by Gasteiger charge is 2.20. The van der Waals surface area contributed by atoms with Crippen molar-refractivity contribution >= 4 is 12.4 Å². The van der Waals surface area contributed by atoms with E-state index in [0.717, 1.165) is 43.6 Å². The number of carboxylic acid groups (broad SMARTS) is 1. The molecule has 1 aromatic heterocycles. The highest BCUT2D eigenvalue weighted by molar-refractivity contribution is 5.57. The minimum absolute atomic E-state index is 0.250. The van der Waals surface area contributed by atoms with E-state index in [9.17, 15) is 0 Å². The van der Waals surface area contributed by atoms with Gasteiger partial charge in [-0.15, -0.1) is 5.10 Å². The summed E-state index contributed by atoms with van der Waals surface area (Å²) in [6, 6.07) is 9.13. The normalized spacial score (nSPS) is 18.6. The van der Waals surface area contributed by atoms with Gasteiger partial charge >= 0.3 is 0 Å². The Morgan fingerprint density at radius 1 is 1.22 bits per heavy atom. The predicted octanol–water partition coefficient (Wildman–Crippen LogP) is 2.17. The fourth-order valence-corrected chi connectivity index (χ4v) is 3.57. The number of H-pyrrole nitrogens is 1. The van der Waals surface area contributed by atoms with E-state index in [4.69, 9.17) is 19.6 Å². The molecule has 1 aromatic carbocycles. The van der Waals surface area contributed by atoms with Crippen LogP contribution in [0.15, 0.2) is 24.3 Å². The lowest BCUT2D eigenvalue weighted by molar-refractivity contribution is -0.122. The molecule has 0 saturated carbocycles. The minimum Gasteiger partial charge on any atom is -0.483 e. The summed E-state index contributed by atoms with van der Waals surface area (Å²) in [6.45, 7) is 7.64. The molecule has 0 bridgehead atoms. The maximum Gasteiger partial charge on any atom is 0.290 e. The summed E-state index contributed by atoms with van der Waals surface area (Å²) < 4.78 is 5.39. The number of morpholine rings is 1. The van der Waals surface area contributed by atoms with Gasteiger partial charge in [-0.05, 0) is 44.5 Å². The van der Waals surface area contributed by atoms with Gasteiger partial charge < -0.3 is 14.7 Å². The number of nitrogens with zero attached hydrogens (tertiary/aromatic N) is 4. The summed E-state index contributed by atoms with van der Waals surface area (Å²) in [7, 11) is 0. The third-order valence-electron chi connectivity index (χ3n) is 5.10. The Bertz CT molecular complexity index is 724. The van der Waals surface area contributed by atoms with Crippen LogP contribution in [0.1, 0.15) is 31.4 Å². The second-order valence-corrected chi connectivity index (χ2v) is 6.73. The molecule has 1 unspecified atom stereocenters. The molecular formula is C19H27N5O3. The fourth-order valence-electron chi connectivity index (χ4n) is 3.57. The molecule has 2 saturated heterocycles. The smallest absolute Gasteiger partial charge is 0.290 e. The molecular weight excluding hydrogens is 346 g/mol. The third kappa shape index (κ3) is 4.84. The van der Waals surface area contributed by atoms with Crippen molar-refractivity contribution in [2.45, 2.75) is 25.8 Å². The van der Waals surface area contributed by atoms with Crippen molar-refractivity contribution in [2.75, 3.05) is 44.3 Å². The predicted molar refractivity (Wildman–Crippen MR) is 103 cm³/mol. The first-order valence-corrected chi connectivity index (χ1v) is 9.40. The van der Waals surface area contributed by atoms with Crippen LogP contribution < -0.4 is 4.90 Å². The zero-order valence-corrected chi connectivity index (χ0v) is 15.7. The fraction of sp³-hybridized carbons (Fsp3) is 0.526. The largest absolute Gasteiger partial charge is 0.483 e. The standard InChI is InChI=1S/C18H25N5O.CH2O2/c1-14(22-7-2-3-8-22)15-5-4-6-16(13-15)17-19-18(21-20-17)23-9-11-24-12-10-23;2-1-3/h4-6,13-14H,2-3,7-12H2,1H3,(H,19,20,21);1H,(H,2,3). The Morgan fingerprint density at radius 2 is 1.93 bits per heavy atom. The number of rotatable bonds is 4. The first-order chi connectivity index (χ1) is 13.2. The van der Waals surface area contributed by atoms with E-state index in [0.29, 0.717) is 6.04 Å². The lowest BCUT2D eigenvalue weighted by Crippen LogP contribution is -2.36. The van der Waals surface area contributed by atoms with E-state index in [1.54, 1.807) is 0 Å². The summed E-state index contributed by atoms with van der Waals surface area (Å²) in [4.78, 5) is 17.8. The molecule has 3 heterocycles. The van der Waals surface area contributed by atoms with Gasteiger partial charge in [0.2, 0.25) is 5.95 Å². The lowest BCUT2D eigenvalue weighted by atomic mass is 10.0. The maximum atomic E-state index is 8.36. The van der Waals surface area contributed by atoms with Gasteiger partial charge in [0.15, 0.2) is 5.82 Å². The van der Waals surface area contributed by atoms with Gasteiger partial charge in [0.1, 0.15) is 0 Å². The Balaban J connectivity index is 0.000000659. The van der Waals surface area contributed by atoms with Crippen molar-refractivity contribution in [1.29, 1.82) is 0 Å². The molecule has 8 nitrogen and oxygen atoms in total. The highest BCUT2D eigenvalue weighted by atomic mass is 16.5. The van der Waals surface area contributed by atoms with Crippen molar-refractivity contribution in [2.24, 2.45) is 0 Å². The number of anilines is 1. The SMILES string of the molecule is CC(c1cccc(-c2nc(N3CCOCC3)n[nH]2)c1)N1CCCC1.O=CO. The van der Waals surface area contributed by atoms with Gasteiger partial charge in [-0.3, -0.25) is 14.8 Å². The average Bonchev–Trinajstić information content (AvgIpc) is 3.41. The lowest BCUT2D eigenvalue weighted by Gasteiger charge is -2.25. The molecule has 0 radical (unpaired) electrons. The first-order valence-electron chi connectivity index (χ1n) is 9.40. The van der Waals surface area contributed by atoms with Gasteiger partial charge in [-0.25, -0.2) is 0 Å². The van der Waals surface area contributed by atoms with Crippen LogP contribution in [0.25, 0.3) is 11.4 Å². The highest BCUT2D eigenvalue weighted by Crippen LogP contribution is 2.27. The van der Waals surface area contributed by atoms with Crippen molar-refractivity contribution in [3.8, 4) is 11.4 Å². The van der Waals surface area contributed by atoms with E-state index in [1.807, 2.05) is 0 Å². The second-order valence-electron chi connectivity index (χ2n) is 6.73. The molecule has 27 heavy (non-hydrogen) atoms. The van der Waals surface area contributed by atoms with Crippen LogP contribution >= 0.6 is 0 Å². The number of aromatic amines is 1. The maximum absolute atomic E-state index is 8.36.